The Labute approximate surface area is 118 Å². The minimum atomic E-state index is 0.769. The van der Waals surface area contributed by atoms with Crippen molar-refractivity contribution in [3.63, 3.8) is 0 Å². The van der Waals surface area contributed by atoms with Crippen LogP contribution < -0.4 is 10.5 Å². The van der Waals surface area contributed by atoms with E-state index in [9.17, 15) is 0 Å². The Morgan fingerprint density at radius 2 is 2.11 bits per heavy atom. The number of ether oxygens (including phenoxy) is 1. The monoisotopic (exact) mass is 311 g/mol. The zero-order chi connectivity index (χ0) is 13.0. The first kappa shape index (κ1) is 13.9. The molecular formula is C15H22BrNO. The Morgan fingerprint density at radius 1 is 1.33 bits per heavy atom. The van der Waals surface area contributed by atoms with Gasteiger partial charge in [0.25, 0.3) is 0 Å². The molecule has 0 unspecified atom stereocenters. The summed E-state index contributed by atoms with van der Waals surface area (Å²) in [7, 11) is 0. The Hall–Kier alpha value is -0.540. The van der Waals surface area contributed by atoms with Gasteiger partial charge in [-0.25, -0.2) is 0 Å². The van der Waals surface area contributed by atoms with Crippen molar-refractivity contribution in [3.05, 3.63) is 27.7 Å². The Bertz CT molecular complexity index is 402. The van der Waals surface area contributed by atoms with Crippen LogP contribution in [0.1, 0.15) is 36.8 Å². The molecule has 18 heavy (non-hydrogen) atoms. The van der Waals surface area contributed by atoms with Gasteiger partial charge in [-0.2, -0.15) is 0 Å². The van der Waals surface area contributed by atoms with Crippen LogP contribution in [0.25, 0.3) is 0 Å². The molecule has 0 radical (unpaired) electrons. The number of unbranched alkanes of at least 4 members (excludes halogenated alkanes) is 1. The van der Waals surface area contributed by atoms with E-state index in [0.29, 0.717) is 0 Å². The number of benzene rings is 1. The Kier molecular flexibility index (Phi) is 5.07. The molecule has 2 N–H and O–H groups in total. The first-order valence-corrected chi connectivity index (χ1v) is 7.62. The molecule has 0 aliphatic heterocycles. The van der Waals surface area contributed by atoms with Crippen molar-refractivity contribution in [2.45, 2.75) is 39.0 Å². The predicted octanol–water partition coefficient (Wildman–Crippen LogP) is 3.83. The lowest BCUT2D eigenvalue weighted by Gasteiger charge is -2.14. The predicted molar refractivity (Wildman–Crippen MR) is 79.1 cm³/mol. The maximum Gasteiger partial charge on any atom is 0.136 e. The minimum Gasteiger partial charge on any atom is -0.492 e. The summed E-state index contributed by atoms with van der Waals surface area (Å²) < 4.78 is 7.09. The van der Waals surface area contributed by atoms with Gasteiger partial charge < -0.3 is 10.5 Å². The molecule has 1 fully saturated rings. The normalized spacial score (nSPS) is 14.8. The molecule has 1 saturated carbocycles. The second kappa shape index (κ2) is 6.58. The molecule has 1 aliphatic rings. The molecule has 1 aromatic carbocycles. The number of nitrogens with two attached hydrogens (primary N) is 1. The first-order valence-electron chi connectivity index (χ1n) is 6.82. The molecule has 0 atom stereocenters. The highest BCUT2D eigenvalue weighted by atomic mass is 79.9. The quantitative estimate of drug-likeness (QED) is 0.777. The summed E-state index contributed by atoms with van der Waals surface area (Å²) in [5.74, 6) is 1.83. The molecule has 3 heteroatoms. The van der Waals surface area contributed by atoms with Crippen molar-refractivity contribution in [2.24, 2.45) is 11.7 Å². The highest BCUT2D eigenvalue weighted by Gasteiger charge is 2.23. The van der Waals surface area contributed by atoms with Crippen molar-refractivity contribution in [1.82, 2.24) is 0 Å². The summed E-state index contributed by atoms with van der Waals surface area (Å²) in [5.41, 5.74) is 8.15. The zero-order valence-corrected chi connectivity index (χ0v) is 12.6. The summed E-state index contributed by atoms with van der Waals surface area (Å²) in [4.78, 5) is 0. The second-order valence-electron chi connectivity index (χ2n) is 5.24. The topological polar surface area (TPSA) is 35.2 Å². The fourth-order valence-electron chi connectivity index (χ4n) is 2.09. The van der Waals surface area contributed by atoms with Crippen LogP contribution >= 0.6 is 15.9 Å². The third-order valence-corrected chi connectivity index (χ3v) is 3.91. The average molecular weight is 312 g/mol. The van der Waals surface area contributed by atoms with Crippen molar-refractivity contribution in [2.75, 3.05) is 13.2 Å². The molecule has 1 aliphatic carbocycles. The maximum absolute atomic E-state index is 6.00. The fraction of sp³-hybridized carbons (Fsp3) is 0.600. The van der Waals surface area contributed by atoms with Gasteiger partial charge in [-0.15, -0.1) is 0 Å². The average Bonchev–Trinajstić information content (AvgIpc) is 3.12. The summed E-state index contributed by atoms with van der Waals surface area (Å²) in [6, 6.07) is 4.37. The number of rotatable bonds is 7. The molecule has 0 amide bonds. The third kappa shape index (κ3) is 3.99. The Morgan fingerprint density at radius 3 is 2.78 bits per heavy atom. The maximum atomic E-state index is 6.00. The largest absolute Gasteiger partial charge is 0.492 e. The Balaban J connectivity index is 2.06. The molecule has 0 saturated heterocycles. The van der Waals surface area contributed by atoms with Crippen LogP contribution in [-0.2, 0) is 6.42 Å². The lowest BCUT2D eigenvalue weighted by atomic mass is 10.0. The summed E-state index contributed by atoms with van der Waals surface area (Å²) in [6.07, 6.45) is 5.91. The van der Waals surface area contributed by atoms with E-state index in [1.807, 2.05) is 0 Å². The number of aryl methyl sites for hydroxylation is 2. The zero-order valence-electron chi connectivity index (χ0n) is 11.0. The van der Waals surface area contributed by atoms with Gasteiger partial charge in [0.2, 0.25) is 0 Å². The van der Waals surface area contributed by atoms with Crippen LogP contribution in [0.3, 0.4) is 0 Å². The summed E-state index contributed by atoms with van der Waals surface area (Å²) >= 11 is 3.63. The van der Waals surface area contributed by atoms with Crippen molar-refractivity contribution in [3.8, 4) is 5.75 Å². The van der Waals surface area contributed by atoms with E-state index in [4.69, 9.17) is 10.5 Å². The molecule has 100 valence electrons. The van der Waals surface area contributed by atoms with Crippen LogP contribution in [0.4, 0.5) is 0 Å². The van der Waals surface area contributed by atoms with Crippen LogP contribution in [0, 0.1) is 12.8 Å². The van der Waals surface area contributed by atoms with Gasteiger partial charge in [-0.3, -0.25) is 0 Å². The summed E-state index contributed by atoms with van der Waals surface area (Å²) in [5, 5.41) is 0. The summed E-state index contributed by atoms with van der Waals surface area (Å²) in [6.45, 7) is 3.76. The highest BCUT2D eigenvalue weighted by Crippen LogP contribution is 2.35. The molecule has 0 spiro atoms. The minimum absolute atomic E-state index is 0.769. The highest BCUT2D eigenvalue weighted by molar-refractivity contribution is 9.10. The van der Waals surface area contributed by atoms with Gasteiger partial charge in [-0.05, 0) is 84.6 Å². The van der Waals surface area contributed by atoms with Gasteiger partial charge >= 0.3 is 0 Å². The van der Waals surface area contributed by atoms with E-state index < -0.39 is 0 Å². The van der Waals surface area contributed by atoms with Crippen molar-refractivity contribution in [1.29, 1.82) is 0 Å². The molecule has 0 bridgehead atoms. The van der Waals surface area contributed by atoms with Crippen molar-refractivity contribution >= 4 is 15.9 Å². The van der Waals surface area contributed by atoms with Gasteiger partial charge in [0.15, 0.2) is 0 Å². The van der Waals surface area contributed by atoms with Gasteiger partial charge in [0.1, 0.15) is 5.75 Å². The standard InChI is InChI=1S/C15H22BrNO/c1-11-8-13(4-2-3-7-17)15(14(16)9-11)18-10-12-5-6-12/h8-9,12H,2-7,10,17H2,1H3. The molecule has 0 aromatic heterocycles. The molecule has 0 heterocycles. The molecule has 1 aromatic rings. The SMILES string of the molecule is Cc1cc(Br)c(OCC2CC2)c(CCCCN)c1. The van der Waals surface area contributed by atoms with E-state index >= 15 is 0 Å². The first-order chi connectivity index (χ1) is 8.70. The number of hydrogen-bond donors (Lipinski definition) is 1. The molecule has 2 nitrogen and oxygen atoms in total. The van der Waals surface area contributed by atoms with E-state index in [-0.39, 0.29) is 0 Å². The van der Waals surface area contributed by atoms with E-state index in [1.54, 1.807) is 0 Å². The number of hydrogen-bond acceptors (Lipinski definition) is 2. The van der Waals surface area contributed by atoms with Crippen LogP contribution in [0.15, 0.2) is 16.6 Å². The lowest BCUT2D eigenvalue weighted by Crippen LogP contribution is -2.04. The van der Waals surface area contributed by atoms with Crippen LogP contribution in [0.2, 0.25) is 0 Å². The molecule has 2 rings (SSSR count). The third-order valence-electron chi connectivity index (χ3n) is 3.33. The second-order valence-corrected chi connectivity index (χ2v) is 6.09. The van der Waals surface area contributed by atoms with Gasteiger partial charge in [-0.1, -0.05) is 6.07 Å². The number of halogens is 1. The van der Waals surface area contributed by atoms with E-state index in [1.165, 1.54) is 24.0 Å². The van der Waals surface area contributed by atoms with Crippen LogP contribution in [0.5, 0.6) is 5.75 Å². The smallest absolute Gasteiger partial charge is 0.136 e. The van der Waals surface area contributed by atoms with Crippen molar-refractivity contribution < 1.29 is 4.74 Å². The van der Waals surface area contributed by atoms with E-state index in [2.05, 4.69) is 35.0 Å². The van der Waals surface area contributed by atoms with Crippen LogP contribution in [-0.4, -0.2) is 13.2 Å². The van der Waals surface area contributed by atoms with Gasteiger partial charge in [0.05, 0.1) is 11.1 Å². The van der Waals surface area contributed by atoms with E-state index in [0.717, 1.165) is 48.6 Å². The molecular weight excluding hydrogens is 290 g/mol. The lowest BCUT2D eigenvalue weighted by molar-refractivity contribution is 0.294. The fourth-order valence-corrected chi connectivity index (χ4v) is 2.82. The van der Waals surface area contributed by atoms with Gasteiger partial charge in [0, 0.05) is 0 Å².